The van der Waals surface area contributed by atoms with Crippen LogP contribution < -0.4 is 4.90 Å². The predicted octanol–water partition coefficient (Wildman–Crippen LogP) is 4.40. The van der Waals surface area contributed by atoms with Crippen molar-refractivity contribution in [1.82, 2.24) is 14.8 Å². The van der Waals surface area contributed by atoms with Crippen LogP contribution in [0.25, 0.3) is 11.6 Å². The largest absolute Gasteiger partial charge is 0.461 e. The van der Waals surface area contributed by atoms with Gasteiger partial charge in [-0.05, 0) is 29.8 Å². The Labute approximate surface area is 173 Å². The Kier molecular flexibility index (Phi) is 5.76. The molecule has 0 saturated heterocycles. The van der Waals surface area contributed by atoms with Crippen LogP contribution in [0.5, 0.6) is 0 Å². The van der Waals surface area contributed by atoms with Crippen LogP contribution in [0.3, 0.4) is 0 Å². The van der Waals surface area contributed by atoms with Gasteiger partial charge in [0, 0.05) is 12.7 Å². The van der Waals surface area contributed by atoms with E-state index in [0.717, 1.165) is 11.3 Å². The summed E-state index contributed by atoms with van der Waals surface area (Å²) in [4.78, 5) is 14.9. The number of furan rings is 1. The molecule has 0 spiro atoms. The Hall–Kier alpha value is -3.32. The average Bonchev–Trinajstić information content (AvgIpc) is 3.41. The lowest BCUT2D eigenvalue weighted by molar-refractivity contribution is -0.116. The van der Waals surface area contributed by atoms with Crippen molar-refractivity contribution in [2.75, 3.05) is 10.7 Å². The first kappa shape index (κ1) is 19.0. The van der Waals surface area contributed by atoms with Gasteiger partial charge in [0.15, 0.2) is 16.7 Å². The minimum Gasteiger partial charge on any atom is -0.461 e. The number of hydrogen-bond acceptors (Lipinski definition) is 5. The highest BCUT2D eigenvalue weighted by Gasteiger charge is 2.19. The van der Waals surface area contributed by atoms with E-state index in [-0.39, 0.29) is 11.7 Å². The van der Waals surface area contributed by atoms with Gasteiger partial charge in [-0.1, -0.05) is 60.3 Å². The normalized spacial score (nSPS) is 10.8. The maximum atomic E-state index is 13.1. The number of carbonyl (C=O) groups excluding carboxylic acids is 1. The number of thioether (sulfide) groups is 1. The lowest BCUT2D eigenvalue weighted by Crippen LogP contribution is -2.32. The summed E-state index contributed by atoms with van der Waals surface area (Å²) in [5.74, 6) is 1.54. The van der Waals surface area contributed by atoms with Crippen molar-refractivity contribution >= 4 is 23.4 Å². The molecule has 29 heavy (non-hydrogen) atoms. The summed E-state index contributed by atoms with van der Waals surface area (Å²) < 4.78 is 7.23. The van der Waals surface area contributed by atoms with Gasteiger partial charge in [0.1, 0.15) is 0 Å². The molecule has 2 aromatic carbocycles. The van der Waals surface area contributed by atoms with Gasteiger partial charge in [0.2, 0.25) is 5.91 Å². The van der Waals surface area contributed by atoms with Gasteiger partial charge in [-0.25, -0.2) is 0 Å². The second-order valence-electron chi connectivity index (χ2n) is 6.43. The molecule has 0 atom stereocenters. The monoisotopic (exact) mass is 404 g/mol. The molecule has 0 aliphatic rings. The van der Waals surface area contributed by atoms with Crippen LogP contribution >= 0.6 is 11.8 Å². The van der Waals surface area contributed by atoms with Crippen molar-refractivity contribution in [3.63, 3.8) is 0 Å². The van der Waals surface area contributed by atoms with E-state index in [1.165, 1.54) is 11.8 Å². The molecular formula is C22H20N4O2S. The fourth-order valence-corrected chi connectivity index (χ4v) is 3.75. The van der Waals surface area contributed by atoms with Gasteiger partial charge >= 0.3 is 0 Å². The van der Waals surface area contributed by atoms with Crippen molar-refractivity contribution in [3.8, 4) is 11.6 Å². The van der Waals surface area contributed by atoms with Crippen LogP contribution in [0.15, 0.2) is 88.6 Å². The molecule has 0 saturated carbocycles. The zero-order valence-electron chi connectivity index (χ0n) is 15.9. The number of para-hydroxylation sites is 1. The maximum Gasteiger partial charge on any atom is 0.237 e. The summed E-state index contributed by atoms with van der Waals surface area (Å²) in [6.07, 6.45) is 1.60. The number of nitrogens with zero attached hydrogens (tertiary/aromatic N) is 4. The Morgan fingerprint density at radius 2 is 1.72 bits per heavy atom. The minimum atomic E-state index is 0.00704. The Bertz CT molecular complexity index is 1060. The van der Waals surface area contributed by atoms with Crippen molar-refractivity contribution in [2.45, 2.75) is 11.7 Å². The van der Waals surface area contributed by atoms with Gasteiger partial charge in [0.05, 0.1) is 18.6 Å². The van der Waals surface area contributed by atoms with Crippen LogP contribution in [0.2, 0.25) is 0 Å². The van der Waals surface area contributed by atoms with E-state index >= 15 is 0 Å². The third-order valence-electron chi connectivity index (χ3n) is 4.45. The lowest BCUT2D eigenvalue weighted by Gasteiger charge is -2.23. The first-order chi connectivity index (χ1) is 14.2. The molecule has 2 heterocycles. The van der Waals surface area contributed by atoms with Crippen molar-refractivity contribution in [2.24, 2.45) is 7.05 Å². The summed E-state index contributed by atoms with van der Waals surface area (Å²) in [6.45, 7) is 0.515. The Morgan fingerprint density at radius 3 is 2.41 bits per heavy atom. The van der Waals surface area contributed by atoms with Crippen LogP contribution in [0, 0.1) is 0 Å². The molecule has 0 aliphatic heterocycles. The summed E-state index contributed by atoms with van der Waals surface area (Å²) in [5.41, 5.74) is 1.95. The van der Waals surface area contributed by atoms with Crippen molar-refractivity contribution < 1.29 is 9.21 Å². The highest BCUT2D eigenvalue weighted by Crippen LogP contribution is 2.24. The fourth-order valence-electron chi connectivity index (χ4n) is 2.96. The summed E-state index contributed by atoms with van der Waals surface area (Å²) in [7, 11) is 1.86. The minimum absolute atomic E-state index is 0.00704. The highest BCUT2D eigenvalue weighted by molar-refractivity contribution is 7.99. The molecule has 146 valence electrons. The van der Waals surface area contributed by atoms with Crippen LogP contribution in [0.4, 0.5) is 5.69 Å². The standard InChI is InChI=1S/C22H20N4O2S/c1-25-21(19-13-8-14-28-19)23-24-22(25)29-16-20(27)26(18-11-6-3-7-12-18)15-17-9-4-2-5-10-17/h2-14H,15-16H2,1H3. The van der Waals surface area contributed by atoms with E-state index < -0.39 is 0 Å². The average molecular weight is 404 g/mol. The second kappa shape index (κ2) is 8.79. The lowest BCUT2D eigenvalue weighted by atomic mass is 10.2. The molecule has 2 aromatic heterocycles. The molecule has 4 aromatic rings. The quantitative estimate of drug-likeness (QED) is 0.427. The van der Waals surface area contributed by atoms with Crippen molar-refractivity contribution in [1.29, 1.82) is 0 Å². The smallest absolute Gasteiger partial charge is 0.237 e. The second-order valence-corrected chi connectivity index (χ2v) is 7.37. The zero-order chi connectivity index (χ0) is 20.1. The molecule has 0 bridgehead atoms. The molecule has 7 heteroatoms. The van der Waals surface area contributed by atoms with Crippen LogP contribution in [0.1, 0.15) is 5.56 Å². The van der Waals surface area contributed by atoms with Gasteiger partial charge in [-0.3, -0.25) is 4.79 Å². The molecule has 0 N–H and O–H groups in total. The first-order valence-electron chi connectivity index (χ1n) is 9.18. The number of rotatable bonds is 7. The fraction of sp³-hybridized carbons (Fsp3) is 0.136. The molecule has 0 fully saturated rings. The zero-order valence-corrected chi connectivity index (χ0v) is 16.7. The molecule has 6 nitrogen and oxygen atoms in total. The van der Waals surface area contributed by atoms with Gasteiger partial charge in [-0.15, -0.1) is 10.2 Å². The van der Waals surface area contributed by atoms with E-state index in [1.807, 2.05) is 84.4 Å². The van der Waals surface area contributed by atoms with Crippen LogP contribution in [-0.4, -0.2) is 26.4 Å². The highest BCUT2D eigenvalue weighted by atomic mass is 32.2. The molecule has 0 aliphatic carbocycles. The molecule has 4 rings (SSSR count). The van der Waals surface area contributed by atoms with Gasteiger partial charge in [0.25, 0.3) is 0 Å². The predicted molar refractivity (Wildman–Crippen MR) is 114 cm³/mol. The topological polar surface area (TPSA) is 64.2 Å². The van der Waals surface area contributed by atoms with E-state index in [4.69, 9.17) is 4.42 Å². The number of benzene rings is 2. The first-order valence-corrected chi connectivity index (χ1v) is 10.2. The molecule has 0 radical (unpaired) electrons. The van der Waals surface area contributed by atoms with Gasteiger partial charge in [-0.2, -0.15) is 0 Å². The number of aromatic nitrogens is 3. The Balaban J connectivity index is 1.50. The SMILES string of the molecule is Cn1c(SCC(=O)N(Cc2ccccc2)c2ccccc2)nnc1-c1ccco1. The maximum absolute atomic E-state index is 13.1. The van der Waals surface area contributed by atoms with Crippen LogP contribution in [-0.2, 0) is 18.4 Å². The van der Waals surface area contributed by atoms with E-state index in [0.29, 0.717) is 23.3 Å². The van der Waals surface area contributed by atoms with Crippen molar-refractivity contribution in [3.05, 3.63) is 84.6 Å². The number of anilines is 1. The Morgan fingerprint density at radius 1 is 1.00 bits per heavy atom. The van der Waals surface area contributed by atoms with E-state index in [2.05, 4.69) is 10.2 Å². The van der Waals surface area contributed by atoms with E-state index in [9.17, 15) is 4.79 Å². The van der Waals surface area contributed by atoms with Gasteiger partial charge < -0.3 is 13.9 Å². The third kappa shape index (κ3) is 4.41. The summed E-state index contributed by atoms with van der Waals surface area (Å²) >= 11 is 1.36. The molecule has 0 unspecified atom stereocenters. The number of amides is 1. The molecular weight excluding hydrogens is 384 g/mol. The number of carbonyl (C=O) groups is 1. The summed E-state index contributed by atoms with van der Waals surface area (Å²) in [5, 5.41) is 9.05. The number of hydrogen-bond donors (Lipinski definition) is 0. The van der Waals surface area contributed by atoms with E-state index in [1.54, 1.807) is 11.2 Å². The summed E-state index contributed by atoms with van der Waals surface area (Å²) in [6, 6.07) is 23.3. The third-order valence-corrected chi connectivity index (χ3v) is 5.46. The molecule has 1 amide bonds.